The average molecular weight is 396 g/mol. The van der Waals surface area contributed by atoms with Gasteiger partial charge in [-0.1, -0.05) is 12.1 Å². The van der Waals surface area contributed by atoms with Crippen LogP contribution < -0.4 is 19.7 Å². The third-order valence-electron chi connectivity index (χ3n) is 5.15. The Morgan fingerprint density at radius 2 is 1.76 bits per heavy atom. The zero-order valence-electron chi connectivity index (χ0n) is 17.1. The molecule has 1 aliphatic heterocycles. The Labute approximate surface area is 171 Å². The number of anilines is 2. The lowest BCUT2D eigenvalue weighted by Gasteiger charge is -2.29. The molecule has 1 fully saturated rings. The third kappa shape index (κ3) is 5.50. The van der Waals surface area contributed by atoms with Crippen LogP contribution in [0.5, 0.6) is 11.5 Å². The van der Waals surface area contributed by atoms with Crippen molar-refractivity contribution in [3.63, 3.8) is 0 Å². The Bertz CT molecular complexity index is 860. The summed E-state index contributed by atoms with van der Waals surface area (Å²) in [6.07, 6.45) is 3.86. The fourth-order valence-corrected chi connectivity index (χ4v) is 3.52. The number of amides is 1. The van der Waals surface area contributed by atoms with Crippen LogP contribution in [0.25, 0.3) is 0 Å². The van der Waals surface area contributed by atoms with E-state index in [1.54, 1.807) is 38.5 Å². The molecule has 29 heavy (non-hydrogen) atoms. The molecule has 1 saturated heterocycles. The van der Waals surface area contributed by atoms with Gasteiger partial charge in [0.05, 0.1) is 19.9 Å². The molecule has 0 bridgehead atoms. The molecule has 0 atom stereocenters. The highest BCUT2D eigenvalue weighted by molar-refractivity contribution is 6.00. The predicted molar refractivity (Wildman–Crippen MR) is 114 cm³/mol. The van der Waals surface area contributed by atoms with Gasteiger partial charge in [-0.25, -0.2) is 0 Å². The predicted octanol–water partition coefficient (Wildman–Crippen LogP) is 4.30. The molecule has 0 unspecified atom stereocenters. The Morgan fingerprint density at radius 3 is 2.48 bits per heavy atom. The van der Waals surface area contributed by atoms with E-state index in [2.05, 4.69) is 10.2 Å². The van der Waals surface area contributed by atoms with E-state index in [0.717, 1.165) is 18.8 Å². The van der Waals surface area contributed by atoms with E-state index in [9.17, 15) is 9.59 Å². The van der Waals surface area contributed by atoms with Crippen LogP contribution in [0.15, 0.2) is 42.5 Å². The standard InChI is InChI=1S/C23H28N2O4/c1-28-19-8-6-7-17(15-19)21(26)10-12-23(27)24-20-16-18(9-11-22(20)29-2)25-13-4-3-5-14-25/h6-9,11,15-16H,3-5,10,12-14H2,1-2H3,(H,24,27). The van der Waals surface area contributed by atoms with Gasteiger partial charge in [-0.2, -0.15) is 0 Å². The number of benzene rings is 2. The summed E-state index contributed by atoms with van der Waals surface area (Å²) >= 11 is 0. The summed E-state index contributed by atoms with van der Waals surface area (Å²) < 4.78 is 10.5. The second-order valence-electron chi connectivity index (χ2n) is 7.14. The molecule has 1 aliphatic rings. The molecule has 154 valence electrons. The molecular formula is C23H28N2O4. The lowest BCUT2D eigenvalue weighted by Crippen LogP contribution is -2.29. The van der Waals surface area contributed by atoms with Gasteiger partial charge in [-0.15, -0.1) is 0 Å². The minimum absolute atomic E-state index is 0.0897. The maximum atomic E-state index is 12.5. The smallest absolute Gasteiger partial charge is 0.224 e. The highest BCUT2D eigenvalue weighted by Gasteiger charge is 2.16. The van der Waals surface area contributed by atoms with Crippen molar-refractivity contribution in [2.24, 2.45) is 0 Å². The van der Waals surface area contributed by atoms with Crippen LogP contribution >= 0.6 is 0 Å². The number of ether oxygens (including phenoxy) is 2. The van der Waals surface area contributed by atoms with Gasteiger partial charge in [0.15, 0.2) is 5.78 Å². The van der Waals surface area contributed by atoms with E-state index >= 15 is 0 Å². The maximum Gasteiger partial charge on any atom is 0.224 e. The van der Waals surface area contributed by atoms with Crippen LogP contribution in [0.2, 0.25) is 0 Å². The molecule has 6 heteroatoms. The molecule has 0 aliphatic carbocycles. The van der Waals surface area contributed by atoms with Crippen LogP contribution in [-0.4, -0.2) is 39.0 Å². The Hall–Kier alpha value is -3.02. The second-order valence-corrected chi connectivity index (χ2v) is 7.14. The maximum absolute atomic E-state index is 12.5. The first-order chi connectivity index (χ1) is 14.1. The SMILES string of the molecule is COc1cccc(C(=O)CCC(=O)Nc2cc(N3CCCCC3)ccc2OC)c1. The summed E-state index contributed by atoms with van der Waals surface area (Å²) in [6, 6.07) is 12.8. The van der Waals surface area contributed by atoms with Crippen LogP contribution in [-0.2, 0) is 4.79 Å². The molecule has 0 aromatic heterocycles. The normalized spacial score (nSPS) is 13.7. The lowest BCUT2D eigenvalue weighted by atomic mass is 10.1. The summed E-state index contributed by atoms with van der Waals surface area (Å²) in [5.41, 5.74) is 2.25. The number of methoxy groups -OCH3 is 2. The highest BCUT2D eigenvalue weighted by atomic mass is 16.5. The van der Waals surface area contributed by atoms with Crippen molar-refractivity contribution in [1.29, 1.82) is 0 Å². The quantitative estimate of drug-likeness (QED) is 0.674. The van der Waals surface area contributed by atoms with Crippen molar-refractivity contribution in [3.8, 4) is 11.5 Å². The van der Waals surface area contributed by atoms with E-state index in [0.29, 0.717) is 22.7 Å². The zero-order chi connectivity index (χ0) is 20.6. The summed E-state index contributed by atoms with van der Waals surface area (Å²) in [4.78, 5) is 27.2. The largest absolute Gasteiger partial charge is 0.497 e. The van der Waals surface area contributed by atoms with Crippen LogP contribution in [0, 0.1) is 0 Å². The van der Waals surface area contributed by atoms with Gasteiger partial charge in [-0.3, -0.25) is 9.59 Å². The van der Waals surface area contributed by atoms with Crippen molar-refractivity contribution in [2.75, 3.05) is 37.5 Å². The van der Waals surface area contributed by atoms with Crippen LogP contribution in [0.4, 0.5) is 11.4 Å². The van der Waals surface area contributed by atoms with Crippen molar-refractivity contribution in [1.82, 2.24) is 0 Å². The van der Waals surface area contributed by atoms with E-state index in [4.69, 9.17) is 9.47 Å². The van der Waals surface area contributed by atoms with Crippen molar-refractivity contribution in [2.45, 2.75) is 32.1 Å². The van der Waals surface area contributed by atoms with E-state index in [1.807, 2.05) is 18.2 Å². The molecule has 1 N–H and O–H groups in total. The van der Waals surface area contributed by atoms with E-state index in [-0.39, 0.29) is 24.5 Å². The summed E-state index contributed by atoms with van der Waals surface area (Å²) in [5, 5.41) is 2.90. The Kier molecular flexibility index (Phi) is 7.11. The molecule has 3 rings (SSSR count). The molecule has 0 saturated carbocycles. The average Bonchev–Trinajstić information content (AvgIpc) is 2.78. The number of ketones is 1. The van der Waals surface area contributed by atoms with Crippen LogP contribution in [0.3, 0.4) is 0 Å². The molecule has 1 amide bonds. The molecule has 0 spiro atoms. The van der Waals surface area contributed by atoms with Gasteiger partial charge in [0.1, 0.15) is 11.5 Å². The van der Waals surface area contributed by atoms with Gasteiger partial charge < -0.3 is 19.7 Å². The van der Waals surface area contributed by atoms with Crippen molar-refractivity contribution < 1.29 is 19.1 Å². The fraction of sp³-hybridized carbons (Fsp3) is 0.391. The molecule has 2 aromatic carbocycles. The lowest BCUT2D eigenvalue weighted by molar-refractivity contribution is -0.116. The number of rotatable bonds is 8. The van der Waals surface area contributed by atoms with E-state index < -0.39 is 0 Å². The zero-order valence-corrected chi connectivity index (χ0v) is 17.1. The van der Waals surface area contributed by atoms with Gasteiger partial charge in [0.2, 0.25) is 5.91 Å². The van der Waals surface area contributed by atoms with Crippen LogP contribution in [0.1, 0.15) is 42.5 Å². The van der Waals surface area contributed by atoms with E-state index in [1.165, 1.54) is 19.3 Å². The topological polar surface area (TPSA) is 67.9 Å². The summed E-state index contributed by atoms with van der Waals surface area (Å²) in [6.45, 7) is 2.05. The fourth-order valence-electron chi connectivity index (χ4n) is 3.52. The second kappa shape index (κ2) is 9.96. The number of hydrogen-bond acceptors (Lipinski definition) is 5. The first-order valence-electron chi connectivity index (χ1n) is 10.0. The summed E-state index contributed by atoms with van der Waals surface area (Å²) in [7, 11) is 3.14. The number of hydrogen-bond donors (Lipinski definition) is 1. The van der Waals surface area contributed by atoms with Crippen molar-refractivity contribution >= 4 is 23.1 Å². The molecule has 0 radical (unpaired) electrons. The highest BCUT2D eigenvalue weighted by Crippen LogP contribution is 2.31. The number of carbonyl (C=O) groups excluding carboxylic acids is 2. The van der Waals surface area contributed by atoms with Gasteiger partial charge >= 0.3 is 0 Å². The number of Topliss-reactive ketones (excluding diaryl/α,β-unsaturated/α-hetero) is 1. The van der Waals surface area contributed by atoms with Gasteiger partial charge in [-0.05, 0) is 49.6 Å². The first kappa shape index (κ1) is 20.7. The molecule has 1 heterocycles. The monoisotopic (exact) mass is 396 g/mol. The summed E-state index contributed by atoms with van der Waals surface area (Å²) in [5.74, 6) is 0.932. The Balaban J connectivity index is 1.62. The molecular weight excluding hydrogens is 368 g/mol. The van der Waals surface area contributed by atoms with Crippen molar-refractivity contribution in [3.05, 3.63) is 48.0 Å². The molecule has 2 aromatic rings. The Morgan fingerprint density at radius 1 is 0.966 bits per heavy atom. The molecule has 6 nitrogen and oxygen atoms in total. The van der Waals surface area contributed by atoms with Gasteiger partial charge in [0.25, 0.3) is 0 Å². The number of nitrogens with one attached hydrogen (secondary N) is 1. The number of piperidine rings is 1. The minimum Gasteiger partial charge on any atom is -0.497 e. The number of nitrogens with zero attached hydrogens (tertiary/aromatic N) is 1. The minimum atomic E-state index is -0.213. The third-order valence-corrected chi connectivity index (χ3v) is 5.15. The van der Waals surface area contributed by atoms with Gasteiger partial charge in [0, 0.05) is 37.2 Å². The first-order valence-corrected chi connectivity index (χ1v) is 10.0. The number of carbonyl (C=O) groups is 2.